The summed E-state index contributed by atoms with van der Waals surface area (Å²) in [6, 6.07) is 0. The third-order valence-electron chi connectivity index (χ3n) is 5.10. The molecular weight excluding hydrogens is 352 g/mol. The lowest BCUT2D eigenvalue weighted by atomic mass is 10.0. The summed E-state index contributed by atoms with van der Waals surface area (Å²) in [6.45, 7) is 7.52. The summed E-state index contributed by atoms with van der Waals surface area (Å²) in [4.78, 5) is 26.3. The van der Waals surface area contributed by atoms with E-state index in [9.17, 15) is 9.59 Å². The molecule has 2 saturated heterocycles. The van der Waals surface area contributed by atoms with Crippen LogP contribution in [0.25, 0.3) is 0 Å². The Morgan fingerprint density at radius 1 is 1.15 bits per heavy atom. The smallest absolute Gasteiger partial charge is 0.330 e. The molecule has 1 aromatic heterocycles. The first kappa shape index (κ1) is 20.3. The highest BCUT2D eigenvalue weighted by atomic mass is 16.7. The van der Waals surface area contributed by atoms with E-state index >= 15 is 0 Å². The summed E-state index contributed by atoms with van der Waals surface area (Å²) in [5.74, 6) is 0. The first-order valence-corrected chi connectivity index (χ1v) is 9.89. The average Bonchev–Trinajstić information content (AvgIpc) is 2.88. The van der Waals surface area contributed by atoms with Crippen molar-refractivity contribution < 1.29 is 18.9 Å². The normalized spacial score (nSPS) is 30.0. The third kappa shape index (κ3) is 4.34. The Morgan fingerprint density at radius 2 is 1.85 bits per heavy atom. The summed E-state index contributed by atoms with van der Waals surface area (Å²) in [5.41, 5.74) is -0.462. The van der Waals surface area contributed by atoms with Gasteiger partial charge in [-0.3, -0.25) is 14.3 Å². The molecule has 2 aliphatic rings. The predicted octanol–water partition coefficient (Wildman–Crippen LogP) is 1.51. The van der Waals surface area contributed by atoms with Gasteiger partial charge in [0.25, 0.3) is 5.56 Å². The van der Waals surface area contributed by atoms with Gasteiger partial charge in [-0.25, -0.2) is 4.79 Å². The molecule has 0 spiro atoms. The molecule has 2 aliphatic heterocycles. The first-order valence-electron chi connectivity index (χ1n) is 9.89. The Hall–Kier alpha value is -1.48. The molecule has 1 N–H and O–H groups in total. The van der Waals surface area contributed by atoms with Crippen LogP contribution in [0.15, 0.2) is 15.8 Å². The quantitative estimate of drug-likeness (QED) is 0.651. The average molecular weight is 382 g/mol. The van der Waals surface area contributed by atoms with Gasteiger partial charge in [0.15, 0.2) is 6.23 Å². The van der Waals surface area contributed by atoms with Gasteiger partial charge in [0.05, 0.1) is 6.61 Å². The number of fused-ring (bicyclic) bond motifs is 2. The zero-order valence-corrected chi connectivity index (χ0v) is 16.3. The van der Waals surface area contributed by atoms with Crippen molar-refractivity contribution in [3.63, 3.8) is 0 Å². The Balaban J connectivity index is 1.82. The fraction of sp³-hybridized carbons (Fsp3) is 0.789. The van der Waals surface area contributed by atoms with E-state index in [0.717, 1.165) is 25.7 Å². The van der Waals surface area contributed by atoms with Crippen LogP contribution < -0.4 is 11.2 Å². The van der Waals surface area contributed by atoms with Gasteiger partial charge in [-0.2, -0.15) is 0 Å². The molecule has 8 heteroatoms. The molecule has 2 fully saturated rings. The number of rotatable bonds is 9. The van der Waals surface area contributed by atoms with E-state index in [1.807, 2.05) is 0 Å². The zero-order chi connectivity index (χ0) is 19.4. The minimum absolute atomic E-state index is 0.232. The van der Waals surface area contributed by atoms with Gasteiger partial charge < -0.3 is 18.9 Å². The van der Waals surface area contributed by atoms with E-state index in [4.69, 9.17) is 18.9 Å². The van der Waals surface area contributed by atoms with Gasteiger partial charge in [0, 0.05) is 25.0 Å². The van der Waals surface area contributed by atoms with Crippen molar-refractivity contribution in [2.45, 2.75) is 77.1 Å². The van der Waals surface area contributed by atoms with Crippen LogP contribution in [0.2, 0.25) is 0 Å². The number of nitrogens with zero attached hydrogens (tertiary/aromatic N) is 1. The molecule has 0 amide bonds. The van der Waals surface area contributed by atoms with Crippen molar-refractivity contribution in [2.24, 2.45) is 0 Å². The minimum atomic E-state index is -0.649. The van der Waals surface area contributed by atoms with E-state index in [-0.39, 0.29) is 18.3 Å². The molecule has 3 unspecified atom stereocenters. The molecular formula is C19H30N2O6. The number of nitrogens with one attached hydrogen (secondary N) is 1. The second-order valence-corrected chi connectivity index (χ2v) is 7.22. The number of hydrogen-bond acceptors (Lipinski definition) is 6. The molecule has 8 nitrogen and oxygen atoms in total. The largest absolute Gasteiger partial charge is 0.373 e. The van der Waals surface area contributed by atoms with Crippen molar-refractivity contribution in [2.75, 3.05) is 19.8 Å². The topological polar surface area (TPSA) is 91.8 Å². The monoisotopic (exact) mass is 382 g/mol. The molecule has 152 valence electrons. The Kier molecular flexibility index (Phi) is 6.86. The Morgan fingerprint density at radius 3 is 2.56 bits per heavy atom. The lowest BCUT2D eigenvalue weighted by Gasteiger charge is -2.34. The predicted molar refractivity (Wildman–Crippen MR) is 99.0 cm³/mol. The molecule has 3 heterocycles. The van der Waals surface area contributed by atoms with Crippen LogP contribution in [0.1, 0.15) is 51.3 Å². The van der Waals surface area contributed by atoms with Crippen molar-refractivity contribution in [1.82, 2.24) is 9.55 Å². The summed E-state index contributed by atoms with van der Waals surface area (Å²) < 4.78 is 25.7. The third-order valence-corrected chi connectivity index (χ3v) is 5.10. The number of aryl methyl sites for hydroxylation is 1. The number of unbranched alkanes of at least 4 members (excludes halogenated alkanes) is 2. The highest BCUT2D eigenvalue weighted by molar-refractivity contribution is 5.05. The van der Waals surface area contributed by atoms with Crippen LogP contribution >= 0.6 is 0 Å². The highest BCUT2D eigenvalue weighted by Crippen LogP contribution is 2.39. The van der Waals surface area contributed by atoms with Gasteiger partial charge in [-0.1, -0.05) is 26.7 Å². The molecule has 0 radical (unpaired) electrons. The standard InChI is InChI=1S/C19H30N2O6/c1-4-6-8-24-13-11-26-16-15(25-9-7-5-2)14(13)27-18(16)21-10-12(3)17(22)20-19(21)23/h10,13-16,18H,4-9,11H2,1-3H3,(H,20,22,23)/t13?,14-,15?,16?,18-/m1/s1. The fourth-order valence-corrected chi connectivity index (χ4v) is 3.52. The summed E-state index contributed by atoms with van der Waals surface area (Å²) in [6.07, 6.45) is 3.61. The number of ether oxygens (including phenoxy) is 4. The molecule has 5 atom stereocenters. The summed E-state index contributed by atoms with van der Waals surface area (Å²) >= 11 is 0. The maximum atomic E-state index is 12.3. The van der Waals surface area contributed by atoms with Crippen molar-refractivity contribution in [1.29, 1.82) is 0 Å². The molecule has 0 saturated carbocycles. The van der Waals surface area contributed by atoms with Gasteiger partial charge in [0.2, 0.25) is 0 Å². The van der Waals surface area contributed by atoms with Gasteiger partial charge in [-0.05, 0) is 19.8 Å². The van der Waals surface area contributed by atoms with Crippen molar-refractivity contribution in [3.05, 3.63) is 32.6 Å². The van der Waals surface area contributed by atoms with E-state index in [0.29, 0.717) is 25.4 Å². The Labute approximate surface area is 158 Å². The number of hydrogen-bond donors (Lipinski definition) is 1. The lowest BCUT2D eigenvalue weighted by molar-refractivity contribution is -0.165. The maximum absolute atomic E-state index is 12.3. The van der Waals surface area contributed by atoms with Gasteiger partial charge in [0.1, 0.15) is 24.4 Å². The van der Waals surface area contributed by atoms with Crippen LogP contribution in [0, 0.1) is 6.92 Å². The number of H-pyrrole nitrogens is 1. The zero-order valence-electron chi connectivity index (χ0n) is 16.3. The van der Waals surface area contributed by atoms with Gasteiger partial charge >= 0.3 is 5.69 Å². The van der Waals surface area contributed by atoms with Crippen molar-refractivity contribution >= 4 is 0 Å². The molecule has 3 rings (SSSR count). The molecule has 1 aromatic rings. The van der Waals surface area contributed by atoms with E-state index < -0.39 is 23.6 Å². The minimum Gasteiger partial charge on any atom is -0.373 e. The van der Waals surface area contributed by atoms with E-state index in [2.05, 4.69) is 18.8 Å². The summed E-state index contributed by atoms with van der Waals surface area (Å²) in [7, 11) is 0. The molecule has 2 bridgehead atoms. The van der Waals surface area contributed by atoms with Crippen LogP contribution in [0.3, 0.4) is 0 Å². The Bertz CT molecular complexity index is 730. The fourth-order valence-electron chi connectivity index (χ4n) is 3.52. The van der Waals surface area contributed by atoms with E-state index in [1.54, 1.807) is 6.92 Å². The number of aromatic amines is 1. The molecule has 27 heavy (non-hydrogen) atoms. The van der Waals surface area contributed by atoms with Crippen LogP contribution in [-0.2, 0) is 18.9 Å². The number of aromatic nitrogens is 2. The molecule has 0 aromatic carbocycles. The SMILES string of the molecule is CCCCOC1COC2C(OCCCC)[C@@H]1O[C@H]2n1cc(C)c(=O)[nH]c1=O. The van der Waals surface area contributed by atoms with E-state index in [1.165, 1.54) is 10.8 Å². The first-order chi connectivity index (χ1) is 13.1. The highest BCUT2D eigenvalue weighted by Gasteiger charge is 2.54. The van der Waals surface area contributed by atoms with Crippen LogP contribution in [0.4, 0.5) is 0 Å². The summed E-state index contributed by atoms with van der Waals surface area (Å²) in [5, 5.41) is 0. The second kappa shape index (κ2) is 9.14. The molecule has 0 aliphatic carbocycles. The van der Waals surface area contributed by atoms with Crippen LogP contribution in [-0.4, -0.2) is 53.8 Å². The maximum Gasteiger partial charge on any atom is 0.330 e. The van der Waals surface area contributed by atoms with Crippen LogP contribution in [0.5, 0.6) is 0 Å². The second-order valence-electron chi connectivity index (χ2n) is 7.22. The van der Waals surface area contributed by atoms with Crippen molar-refractivity contribution in [3.8, 4) is 0 Å². The van der Waals surface area contributed by atoms with Gasteiger partial charge in [-0.15, -0.1) is 0 Å². The lowest BCUT2D eigenvalue weighted by Crippen LogP contribution is -2.51.